The minimum Gasteiger partial charge on any atom is -0.348 e. The summed E-state index contributed by atoms with van der Waals surface area (Å²) in [7, 11) is 0. The van der Waals surface area contributed by atoms with Crippen LogP contribution in [0.15, 0.2) is 55.4 Å². The fourth-order valence-corrected chi connectivity index (χ4v) is 2.48. The highest BCUT2D eigenvalue weighted by molar-refractivity contribution is 5.90. The summed E-state index contributed by atoms with van der Waals surface area (Å²) < 4.78 is 1.84. The van der Waals surface area contributed by atoms with Gasteiger partial charge >= 0.3 is 0 Å². The lowest BCUT2D eigenvalue weighted by atomic mass is 10.2. The molecule has 1 aromatic heterocycles. The predicted octanol–water partition coefficient (Wildman–Crippen LogP) is 2.14. The molecule has 0 aliphatic rings. The van der Waals surface area contributed by atoms with Crippen LogP contribution >= 0.6 is 0 Å². The molecule has 2 rings (SSSR count). The number of carbonyl (C=O) groups is 2. The van der Waals surface area contributed by atoms with Crippen LogP contribution in [0.5, 0.6) is 0 Å². The Hall–Kier alpha value is -2.89. The molecule has 6 nitrogen and oxygen atoms in total. The lowest BCUT2D eigenvalue weighted by Crippen LogP contribution is -2.40. The average Bonchev–Trinajstić information content (AvgIpc) is 3.08. The van der Waals surface area contributed by atoms with Crippen molar-refractivity contribution >= 4 is 11.8 Å². The van der Waals surface area contributed by atoms with Crippen molar-refractivity contribution < 1.29 is 9.59 Å². The van der Waals surface area contributed by atoms with Gasteiger partial charge in [0.2, 0.25) is 11.8 Å². The molecule has 0 aliphatic carbocycles. The molecule has 25 heavy (non-hydrogen) atoms. The van der Waals surface area contributed by atoms with Gasteiger partial charge in [-0.05, 0) is 25.5 Å². The molecule has 0 spiro atoms. The van der Waals surface area contributed by atoms with Crippen LogP contribution in [0.4, 0.5) is 0 Å². The Labute approximate surface area is 148 Å². The van der Waals surface area contributed by atoms with E-state index in [0.29, 0.717) is 13.1 Å². The second kappa shape index (κ2) is 8.82. The van der Waals surface area contributed by atoms with Crippen LogP contribution in [0.2, 0.25) is 0 Å². The molecule has 0 aliphatic heterocycles. The fraction of sp³-hybridized carbons (Fsp3) is 0.316. The minimum atomic E-state index is -0.249. The Balaban J connectivity index is 1.92. The average molecular weight is 340 g/mol. The summed E-state index contributed by atoms with van der Waals surface area (Å²) in [6.45, 7) is 8.33. The summed E-state index contributed by atoms with van der Waals surface area (Å²) in [6, 6.07) is 9.87. The first kappa shape index (κ1) is 18.4. The standard InChI is InChI=1S/C19H24N4O2/c1-4-19(25)22(5-2)14-18(24)21-15(3)17-11-20-23(13-17)12-16-9-7-6-8-10-16/h4,6-11,13,15H,1,5,12,14H2,2-3H3,(H,21,24). The van der Waals surface area contributed by atoms with Gasteiger partial charge in [-0.15, -0.1) is 0 Å². The van der Waals surface area contributed by atoms with Crippen LogP contribution in [0.3, 0.4) is 0 Å². The normalized spacial score (nSPS) is 11.6. The summed E-state index contributed by atoms with van der Waals surface area (Å²) in [5.41, 5.74) is 2.08. The van der Waals surface area contributed by atoms with E-state index in [-0.39, 0.29) is 24.4 Å². The monoisotopic (exact) mass is 340 g/mol. The molecule has 0 radical (unpaired) electrons. The first-order valence-electron chi connectivity index (χ1n) is 8.30. The number of hydrogen-bond donors (Lipinski definition) is 1. The Morgan fingerprint density at radius 2 is 2.08 bits per heavy atom. The topological polar surface area (TPSA) is 67.2 Å². The Kier molecular flexibility index (Phi) is 6.51. The molecule has 6 heteroatoms. The molecule has 0 fully saturated rings. The highest BCUT2D eigenvalue weighted by Crippen LogP contribution is 2.12. The SMILES string of the molecule is C=CC(=O)N(CC)CC(=O)NC(C)c1cnn(Cc2ccccc2)c1. The molecule has 0 saturated carbocycles. The van der Waals surface area contributed by atoms with Gasteiger partial charge < -0.3 is 10.2 Å². The molecular formula is C19H24N4O2. The van der Waals surface area contributed by atoms with Gasteiger partial charge in [-0.25, -0.2) is 0 Å². The summed E-state index contributed by atoms with van der Waals surface area (Å²) in [6.07, 6.45) is 4.89. The minimum absolute atomic E-state index is 0.0177. The Bertz CT molecular complexity index is 724. The zero-order chi connectivity index (χ0) is 18.2. The smallest absolute Gasteiger partial charge is 0.246 e. The van der Waals surface area contributed by atoms with Gasteiger partial charge in [-0.2, -0.15) is 5.10 Å². The lowest BCUT2D eigenvalue weighted by molar-refractivity contribution is -0.132. The van der Waals surface area contributed by atoms with Crippen molar-refractivity contribution in [3.63, 3.8) is 0 Å². The van der Waals surface area contributed by atoms with Gasteiger partial charge in [-0.3, -0.25) is 14.3 Å². The quantitative estimate of drug-likeness (QED) is 0.749. The molecule has 1 heterocycles. The molecule has 1 atom stereocenters. The van der Waals surface area contributed by atoms with Gasteiger partial charge in [-0.1, -0.05) is 36.9 Å². The highest BCUT2D eigenvalue weighted by Gasteiger charge is 2.16. The van der Waals surface area contributed by atoms with Crippen molar-refractivity contribution in [3.05, 3.63) is 66.5 Å². The van der Waals surface area contributed by atoms with Crippen LogP contribution in [0.25, 0.3) is 0 Å². The molecule has 1 N–H and O–H groups in total. The second-order valence-electron chi connectivity index (χ2n) is 5.80. The van der Waals surface area contributed by atoms with Crippen molar-refractivity contribution in [2.45, 2.75) is 26.4 Å². The first-order valence-corrected chi connectivity index (χ1v) is 8.30. The molecule has 0 saturated heterocycles. The second-order valence-corrected chi connectivity index (χ2v) is 5.80. The molecule has 1 aromatic carbocycles. The maximum atomic E-state index is 12.1. The van der Waals surface area contributed by atoms with Gasteiger partial charge in [0.05, 0.1) is 25.3 Å². The van der Waals surface area contributed by atoms with Crippen LogP contribution in [0.1, 0.15) is 31.0 Å². The third kappa shape index (κ3) is 5.31. The van der Waals surface area contributed by atoms with Crippen molar-refractivity contribution in [1.29, 1.82) is 0 Å². The maximum absolute atomic E-state index is 12.1. The van der Waals surface area contributed by atoms with Crippen molar-refractivity contribution in [2.75, 3.05) is 13.1 Å². The van der Waals surface area contributed by atoms with Crippen LogP contribution in [-0.2, 0) is 16.1 Å². The summed E-state index contributed by atoms with van der Waals surface area (Å²) in [5.74, 6) is -0.457. The van der Waals surface area contributed by atoms with Crippen LogP contribution in [-0.4, -0.2) is 39.6 Å². The van der Waals surface area contributed by atoms with Gasteiger partial charge in [0.25, 0.3) is 0 Å². The maximum Gasteiger partial charge on any atom is 0.246 e. The van der Waals surface area contributed by atoms with Crippen LogP contribution < -0.4 is 5.32 Å². The lowest BCUT2D eigenvalue weighted by Gasteiger charge is -2.20. The number of aromatic nitrogens is 2. The highest BCUT2D eigenvalue weighted by atomic mass is 16.2. The van der Waals surface area contributed by atoms with E-state index in [1.54, 1.807) is 6.20 Å². The van der Waals surface area contributed by atoms with E-state index in [9.17, 15) is 9.59 Å². The number of rotatable bonds is 8. The Morgan fingerprint density at radius 1 is 1.36 bits per heavy atom. The number of likely N-dealkylation sites (N-methyl/N-ethyl adjacent to an activating group) is 1. The zero-order valence-corrected chi connectivity index (χ0v) is 14.7. The van der Waals surface area contributed by atoms with Crippen molar-refractivity contribution in [3.8, 4) is 0 Å². The molecule has 0 bridgehead atoms. The number of amides is 2. The summed E-state index contributed by atoms with van der Waals surface area (Å²) in [4.78, 5) is 25.2. The number of nitrogens with one attached hydrogen (secondary N) is 1. The van der Waals surface area contributed by atoms with Crippen molar-refractivity contribution in [2.24, 2.45) is 0 Å². The number of carbonyl (C=O) groups excluding carboxylic acids is 2. The molecule has 1 unspecified atom stereocenters. The third-order valence-corrected chi connectivity index (χ3v) is 3.92. The number of benzene rings is 1. The molecular weight excluding hydrogens is 316 g/mol. The number of nitrogens with zero attached hydrogens (tertiary/aromatic N) is 3. The first-order chi connectivity index (χ1) is 12.0. The number of hydrogen-bond acceptors (Lipinski definition) is 3. The van der Waals surface area contributed by atoms with E-state index in [0.717, 1.165) is 11.1 Å². The summed E-state index contributed by atoms with van der Waals surface area (Å²) >= 11 is 0. The zero-order valence-electron chi connectivity index (χ0n) is 14.7. The fourth-order valence-electron chi connectivity index (χ4n) is 2.48. The van der Waals surface area contributed by atoms with Gasteiger partial charge in [0, 0.05) is 18.3 Å². The third-order valence-electron chi connectivity index (χ3n) is 3.92. The molecule has 2 amide bonds. The van der Waals surface area contributed by atoms with Crippen molar-refractivity contribution in [1.82, 2.24) is 20.0 Å². The summed E-state index contributed by atoms with van der Waals surface area (Å²) in [5, 5.41) is 7.24. The van der Waals surface area contributed by atoms with E-state index in [2.05, 4.69) is 17.0 Å². The predicted molar refractivity (Wildman–Crippen MR) is 96.8 cm³/mol. The van der Waals surface area contributed by atoms with Crippen LogP contribution in [0, 0.1) is 0 Å². The van der Waals surface area contributed by atoms with E-state index >= 15 is 0 Å². The van der Waals surface area contributed by atoms with E-state index in [1.165, 1.54) is 11.0 Å². The molecule has 132 valence electrons. The van der Waals surface area contributed by atoms with Gasteiger partial charge in [0.1, 0.15) is 0 Å². The van der Waals surface area contributed by atoms with Gasteiger partial charge in [0.15, 0.2) is 0 Å². The van der Waals surface area contributed by atoms with E-state index in [1.807, 2.05) is 55.1 Å². The van der Waals surface area contributed by atoms with E-state index < -0.39 is 0 Å². The largest absolute Gasteiger partial charge is 0.348 e. The Morgan fingerprint density at radius 3 is 2.72 bits per heavy atom. The molecule has 2 aromatic rings. The van der Waals surface area contributed by atoms with E-state index in [4.69, 9.17) is 0 Å².